The Kier molecular flexibility index (Phi) is 4.99. The summed E-state index contributed by atoms with van der Waals surface area (Å²) in [6, 6.07) is 13.5. The van der Waals surface area contributed by atoms with Gasteiger partial charge in [0.2, 0.25) is 0 Å². The minimum absolute atomic E-state index is 0.288. The van der Waals surface area contributed by atoms with Crippen LogP contribution >= 0.6 is 0 Å². The first-order valence-electron chi connectivity index (χ1n) is 7.30. The second-order valence-electron chi connectivity index (χ2n) is 5.28. The van der Waals surface area contributed by atoms with Crippen molar-refractivity contribution in [2.75, 3.05) is 5.32 Å². The number of carbonyl (C=O) groups is 1. The van der Waals surface area contributed by atoms with Gasteiger partial charge in [-0.2, -0.15) is 0 Å². The van der Waals surface area contributed by atoms with Crippen LogP contribution in [-0.4, -0.2) is 11.1 Å². The van der Waals surface area contributed by atoms with Gasteiger partial charge in [0.25, 0.3) is 0 Å². The second-order valence-corrected chi connectivity index (χ2v) is 5.28. The third-order valence-electron chi connectivity index (χ3n) is 3.46. The Morgan fingerprint density at radius 3 is 2.48 bits per heavy atom. The van der Waals surface area contributed by atoms with Gasteiger partial charge in [0.15, 0.2) is 0 Å². The molecule has 0 aliphatic rings. The molecular formula is C18H21NO2. The van der Waals surface area contributed by atoms with Crippen molar-refractivity contribution in [2.24, 2.45) is 0 Å². The number of carboxylic acid groups (broad SMARTS) is 1. The molecule has 0 saturated heterocycles. The fourth-order valence-electron chi connectivity index (χ4n) is 2.24. The molecule has 2 aromatic carbocycles. The van der Waals surface area contributed by atoms with Gasteiger partial charge in [0, 0.05) is 5.69 Å². The van der Waals surface area contributed by atoms with E-state index >= 15 is 0 Å². The molecule has 0 heterocycles. The molecule has 0 spiro atoms. The molecular weight excluding hydrogens is 262 g/mol. The molecule has 0 unspecified atom stereocenters. The fourth-order valence-corrected chi connectivity index (χ4v) is 2.24. The Bertz CT molecular complexity index is 618. The summed E-state index contributed by atoms with van der Waals surface area (Å²) in [6.45, 7) is 4.13. The molecule has 3 heteroatoms. The van der Waals surface area contributed by atoms with Crippen LogP contribution in [0, 0.1) is 6.92 Å². The average Bonchev–Trinajstić information content (AvgIpc) is 2.46. The second kappa shape index (κ2) is 6.93. The number of aryl methyl sites for hydroxylation is 2. The van der Waals surface area contributed by atoms with Crippen LogP contribution in [0.25, 0.3) is 0 Å². The average molecular weight is 283 g/mol. The largest absolute Gasteiger partial charge is 0.478 e. The highest BCUT2D eigenvalue weighted by molar-refractivity contribution is 5.95. The summed E-state index contributed by atoms with van der Waals surface area (Å²) >= 11 is 0. The van der Waals surface area contributed by atoms with E-state index in [0.29, 0.717) is 5.69 Å². The first-order chi connectivity index (χ1) is 10.1. The van der Waals surface area contributed by atoms with Crippen molar-refractivity contribution in [1.82, 2.24) is 0 Å². The van der Waals surface area contributed by atoms with E-state index in [2.05, 4.69) is 24.4 Å². The van der Waals surface area contributed by atoms with Gasteiger partial charge in [-0.1, -0.05) is 31.5 Å². The summed E-state index contributed by atoms with van der Waals surface area (Å²) in [5.41, 5.74) is 4.16. The number of nitrogens with one attached hydrogen (secondary N) is 1. The molecule has 0 fully saturated rings. The number of unbranched alkanes of at least 4 members (excludes halogenated alkanes) is 1. The number of anilines is 2. The Labute approximate surface area is 125 Å². The van der Waals surface area contributed by atoms with Gasteiger partial charge in [0.1, 0.15) is 0 Å². The van der Waals surface area contributed by atoms with Crippen LogP contribution in [0.4, 0.5) is 11.4 Å². The van der Waals surface area contributed by atoms with Gasteiger partial charge >= 0.3 is 5.97 Å². The standard InChI is InChI=1S/C18H21NO2/c1-3-4-5-14-7-9-15(10-8-14)19-17-12-13(2)6-11-16(17)18(20)21/h6-12,19H,3-5H2,1-2H3,(H,20,21). The molecule has 0 amide bonds. The van der Waals surface area contributed by atoms with Crippen molar-refractivity contribution < 1.29 is 9.90 Å². The van der Waals surface area contributed by atoms with Crippen LogP contribution in [0.3, 0.4) is 0 Å². The lowest BCUT2D eigenvalue weighted by atomic mass is 10.1. The van der Waals surface area contributed by atoms with Gasteiger partial charge < -0.3 is 10.4 Å². The van der Waals surface area contributed by atoms with E-state index in [9.17, 15) is 9.90 Å². The lowest BCUT2D eigenvalue weighted by Crippen LogP contribution is -2.03. The third kappa shape index (κ3) is 4.09. The van der Waals surface area contributed by atoms with Gasteiger partial charge in [-0.05, 0) is 55.2 Å². The summed E-state index contributed by atoms with van der Waals surface area (Å²) in [6.07, 6.45) is 3.46. The van der Waals surface area contributed by atoms with Crippen molar-refractivity contribution in [1.29, 1.82) is 0 Å². The van der Waals surface area contributed by atoms with Crippen LogP contribution in [0.15, 0.2) is 42.5 Å². The minimum Gasteiger partial charge on any atom is -0.478 e. The lowest BCUT2D eigenvalue weighted by Gasteiger charge is -2.11. The minimum atomic E-state index is -0.919. The maximum absolute atomic E-state index is 11.3. The molecule has 110 valence electrons. The summed E-state index contributed by atoms with van der Waals surface area (Å²) in [4.78, 5) is 11.3. The lowest BCUT2D eigenvalue weighted by molar-refractivity contribution is 0.0698. The normalized spacial score (nSPS) is 10.4. The van der Waals surface area contributed by atoms with Crippen molar-refractivity contribution in [2.45, 2.75) is 33.1 Å². The molecule has 0 atom stereocenters. The SMILES string of the molecule is CCCCc1ccc(Nc2cc(C)ccc2C(=O)O)cc1. The first kappa shape index (κ1) is 15.1. The summed E-state index contributed by atoms with van der Waals surface area (Å²) in [7, 11) is 0. The van der Waals surface area contributed by atoms with E-state index in [0.717, 1.165) is 17.7 Å². The van der Waals surface area contributed by atoms with Crippen molar-refractivity contribution in [3.05, 3.63) is 59.2 Å². The Morgan fingerprint density at radius 2 is 1.86 bits per heavy atom. The third-order valence-corrected chi connectivity index (χ3v) is 3.46. The molecule has 0 radical (unpaired) electrons. The van der Waals surface area contributed by atoms with Gasteiger partial charge in [-0.15, -0.1) is 0 Å². The monoisotopic (exact) mass is 283 g/mol. The number of hydrogen-bond acceptors (Lipinski definition) is 2. The Balaban J connectivity index is 2.18. The van der Waals surface area contributed by atoms with Gasteiger partial charge in [-0.25, -0.2) is 4.79 Å². The van der Waals surface area contributed by atoms with Crippen molar-refractivity contribution >= 4 is 17.3 Å². The predicted octanol–water partition coefficient (Wildman–Crippen LogP) is 4.78. The molecule has 0 aliphatic carbocycles. The zero-order valence-electron chi connectivity index (χ0n) is 12.5. The molecule has 21 heavy (non-hydrogen) atoms. The topological polar surface area (TPSA) is 49.3 Å². The van der Waals surface area contributed by atoms with Crippen molar-refractivity contribution in [3.8, 4) is 0 Å². The van der Waals surface area contributed by atoms with E-state index in [4.69, 9.17) is 0 Å². The number of aromatic carboxylic acids is 1. The van der Waals surface area contributed by atoms with E-state index in [1.807, 2.05) is 31.2 Å². The van der Waals surface area contributed by atoms with Gasteiger partial charge in [-0.3, -0.25) is 0 Å². The molecule has 0 bridgehead atoms. The molecule has 0 saturated carbocycles. The van der Waals surface area contributed by atoms with E-state index in [1.54, 1.807) is 6.07 Å². The van der Waals surface area contributed by atoms with Gasteiger partial charge in [0.05, 0.1) is 11.3 Å². The highest BCUT2D eigenvalue weighted by Gasteiger charge is 2.10. The molecule has 3 nitrogen and oxygen atoms in total. The molecule has 2 N–H and O–H groups in total. The molecule has 2 aromatic rings. The zero-order chi connectivity index (χ0) is 15.2. The number of carboxylic acids is 1. The maximum atomic E-state index is 11.3. The van der Waals surface area contributed by atoms with Crippen LogP contribution in [0.5, 0.6) is 0 Å². The highest BCUT2D eigenvalue weighted by Crippen LogP contribution is 2.23. The molecule has 2 rings (SSSR count). The van der Waals surface area contributed by atoms with Crippen LogP contribution < -0.4 is 5.32 Å². The number of hydrogen-bond donors (Lipinski definition) is 2. The molecule has 0 aliphatic heterocycles. The summed E-state index contributed by atoms with van der Waals surface area (Å²) in [5, 5.41) is 12.4. The maximum Gasteiger partial charge on any atom is 0.337 e. The Morgan fingerprint density at radius 1 is 1.14 bits per heavy atom. The quantitative estimate of drug-likeness (QED) is 0.802. The highest BCUT2D eigenvalue weighted by atomic mass is 16.4. The number of rotatable bonds is 6. The Hall–Kier alpha value is -2.29. The number of benzene rings is 2. The zero-order valence-corrected chi connectivity index (χ0v) is 12.5. The van der Waals surface area contributed by atoms with E-state index in [-0.39, 0.29) is 5.56 Å². The van der Waals surface area contributed by atoms with Crippen LogP contribution in [0.1, 0.15) is 41.3 Å². The van der Waals surface area contributed by atoms with Crippen molar-refractivity contribution in [3.63, 3.8) is 0 Å². The van der Waals surface area contributed by atoms with E-state index < -0.39 is 5.97 Å². The predicted molar refractivity (Wildman–Crippen MR) is 86.5 cm³/mol. The van der Waals surface area contributed by atoms with E-state index in [1.165, 1.54) is 18.4 Å². The smallest absolute Gasteiger partial charge is 0.337 e. The summed E-state index contributed by atoms with van der Waals surface area (Å²) in [5.74, 6) is -0.919. The summed E-state index contributed by atoms with van der Waals surface area (Å²) < 4.78 is 0. The molecule has 0 aromatic heterocycles. The fraction of sp³-hybridized carbons (Fsp3) is 0.278. The first-order valence-corrected chi connectivity index (χ1v) is 7.30. The van der Waals surface area contributed by atoms with Crippen LogP contribution in [-0.2, 0) is 6.42 Å². The van der Waals surface area contributed by atoms with Crippen LogP contribution in [0.2, 0.25) is 0 Å².